The number of hydrogen-bond acceptors (Lipinski definition) is 5. The van der Waals surface area contributed by atoms with Gasteiger partial charge < -0.3 is 0 Å². The number of H-pyrrole nitrogens is 1. The van der Waals surface area contributed by atoms with Gasteiger partial charge in [-0.15, -0.1) is 11.3 Å². The lowest BCUT2D eigenvalue weighted by atomic mass is 10.1. The van der Waals surface area contributed by atoms with Gasteiger partial charge in [-0.05, 0) is 37.1 Å². The van der Waals surface area contributed by atoms with Crippen LogP contribution in [0.15, 0.2) is 40.5 Å². The Hall–Kier alpha value is -2.80. The fourth-order valence-corrected chi connectivity index (χ4v) is 2.71. The normalized spacial score (nSPS) is 10.5. The summed E-state index contributed by atoms with van der Waals surface area (Å²) < 4.78 is 0. The highest BCUT2D eigenvalue weighted by Gasteiger charge is 2.11. The minimum atomic E-state index is -0.415. The van der Waals surface area contributed by atoms with Gasteiger partial charge in [-0.1, -0.05) is 12.1 Å². The van der Waals surface area contributed by atoms with E-state index in [1.54, 1.807) is 0 Å². The maximum atomic E-state index is 12.0. The summed E-state index contributed by atoms with van der Waals surface area (Å²) >= 11 is 1.34. The van der Waals surface area contributed by atoms with Gasteiger partial charge in [0.25, 0.3) is 11.5 Å². The number of hydrogen-bond donors (Lipinski definition) is 2. The predicted molar refractivity (Wildman–Crippen MR) is 89.8 cm³/mol. The van der Waals surface area contributed by atoms with Crippen molar-refractivity contribution in [1.82, 2.24) is 15.2 Å². The number of aromatic nitrogens is 3. The van der Waals surface area contributed by atoms with E-state index in [0.29, 0.717) is 5.13 Å². The van der Waals surface area contributed by atoms with E-state index >= 15 is 0 Å². The third kappa shape index (κ3) is 3.35. The molecule has 0 saturated heterocycles. The average Bonchev–Trinajstić information content (AvgIpc) is 2.99. The topological polar surface area (TPSA) is 87.7 Å². The number of amides is 1. The molecule has 0 radical (unpaired) electrons. The van der Waals surface area contributed by atoms with Crippen molar-refractivity contribution in [3.8, 4) is 11.3 Å². The average molecular weight is 326 g/mol. The summed E-state index contributed by atoms with van der Waals surface area (Å²) in [7, 11) is 0. The molecule has 0 aliphatic carbocycles. The Balaban J connectivity index is 1.79. The van der Waals surface area contributed by atoms with Crippen LogP contribution in [0.25, 0.3) is 11.3 Å². The van der Waals surface area contributed by atoms with Gasteiger partial charge in [0.1, 0.15) is 5.69 Å². The molecule has 116 valence electrons. The second-order valence-electron chi connectivity index (χ2n) is 5.10. The van der Waals surface area contributed by atoms with Crippen LogP contribution in [0, 0.1) is 13.8 Å². The molecule has 0 aliphatic heterocycles. The van der Waals surface area contributed by atoms with E-state index in [-0.39, 0.29) is 11.3 Å². The summed E-state index contributed by atoms with van der Waals surface area (Å²) in [6.45, 7) is 4.11. The number of nitrogens with one attached hydrogen (secondary N) is 2. The largest absolute Gasteiger partial charge is 0.296 e. The minimum Gasteiger partial charge on any atom is -0.296 e. The maximum Gasteiger partial charge on any atom is 0.277 e. The Morgan fingerprint density at radius 3 is 2.70 bits per heavy atom. The first-order chi connectivity index (χ1) is 11.0. The van der Waals surface area contributed by atoms with E-state index in [4.69, 9.17) is 0 Å². The molecular formula is C16H14N4O2S. The molecule has 6 nitrogen and oxygen atoms in total. The number of thiazole rings is 1. The molecular weight excluding hydrogens is 312 g/mol. The van der Waals surface area contributed by atoms with Gasteiger partial charge in [0, 0.05) is 17.0 Å². The molecule has 1 aromatic carbocycles. The number of carbonyl (C=O) groups is 1. The van der Waals surface area contributed by atoms with E-state index < -0.39 is 5.91 Å². The van der Waals surface area contributed by atoms with Crippen LogP contribution in [0.2, 0.25) is 0 Å². The van der Waals surface area contributed by atoms with Crippen molar-refractivity contribution in [1.29, 1.82) is 0 Å². The number of nitrogens with zero attached hydrogens (tertiary/aromatic N) is 2. The van der Waals surface area contributed by atoms with Crippen LogP contribution >= 0.6 is 11.3 Å². The summed E-state index contributed by atoms with van der Waals surface area (Å²) in [4.78, 5) is 27.4. The van der Waals surface area contributed by atoms with Crippen molar-refractivity contribution < 1.29 is 4.79 Å². The zero-order valence-corrected chi connectivity index (χ0v) is 13.4. The lowest BCUT2D eigenvalue weighted by Crippen LogP contribution is -2.17. The van der Waals surface area contributed by atoms with Crippen LogP contribution in [-0.4, -0.2) is 21.1 Å². The lowest BCUT2D eigenvalue weighted by molar-refractivity contribution is 0.102. The SMILES string of the molecule is Cc1ccc(-c2csc(NC(=O)c3ccc(=O)[nH]n3)n2)cc1C. The summed E-state index contributed by atoms with van der Waals surface area (Å²) in [6.07, 6.45) is 0. The minimum absolute atomic E-state index is 0.132. The number of benzene rings is 1. The Morgan fingerprint density at radius 2 is 2.00 bits per heavy atom. The molecule has 2 heterocycles. The van der Waals surface area contributed by atoms with Crippen LogP contribution in [0.3, 0.4) is 0 Å². The number of anilines is 1. The zero-order chi connectivity index (χ0) is 16.4. The van der Waals surface area contributed by atoms with Crippen molar-refractivity contribution in [2.75, 3.05) is 5.32 Å². The molecule has 0 spiro atoms. The monoisotopic (exact) mass is 326 g/mol. The molecule has 23 heavy (non-hydrogen) atoms. The van der Waals surface area contributed by atoms with Gasteiger partial charge in [-0.3, -0.25) is 14.9 Å². The van der Waals surface area contributed by atoms with Gasteiger partial charge in [-0.25, -0.2) is 10.1 Å². The fourth-order valence-electron chi connectivity index (χ4n) is 2.00. The van der Waals surface area contributed by atoms with Crippen LogP contribution in [0.5, 0.6) is 0 Å². The van der Waals surface area contributed by atoms with E-state index in [2.05, 4.69) is 40.4 Å². The standard InChI is InChI=1S/C16H14N4O2S/c1-9-3-4-11(7-10(9)2)13-8-23-16(17-13)18-15(22)12-5-6-14(21)20-19-12/h3-8H,1-2H3,(H,20,21)(H,17,18,22). The summed E-state index contributed by atoms with van der Waals surface area (Å²) in [5, 5.41) is 11.0. The number of aryl methyl sites for hydroxylation is 2. The highest BCUT2D eigenvalue weighted by atomic mass is 32.1. The molecule has 0 fully saturated rings. The van der Waals surface area contributed by atoms with Crippen molar-refractivity contribution in [2.45, 2.75) is 13.8 Å². The molecule has 0 aliphatic rings. The summed E-state index contributed by atoms with van der Waals surface area (Å²) in [5.41, 5.74) is 4.01. The highest BCUT2D eigenvalue weighted by Crippen LogP contribution is 2.26. The van der Waals surface area contributed by atoms with Gasteiger partial charge in [0.05, 0.1) is 5.69 Å². The second-order valence-corrected chi connectivity index (χ2v) is 5.96. The van der Waals surface area contributed by atoms with Crippen molar-refractivity contribution in [3.63, 3.8) is 0 Å². The van der Waals surface area contributed by atoms with Crippen LogP contribution in [-0.2, 0) is 0 Å². The van der Waals surface area contributed by atoms with Gasteiger partial charge in [0.2, 0.25) is 0 Å². The molecule has 1 amide bonds. The van der Waals surface area contributed by atoms with Gasteiger partial charge in [-0.2, -0.15) is 5.10 Å². The Labute approximate surface area is 136 Å². The molecule has 0 unspecified atom stereocenters. The van der Waals surface area contributed by atoms with Crippen LogP contribution in [0.4, 0.5) is 5.13 Å². The van der Waals surface area contributed by atoms with Gasteiger partial charge >= 0.3 is 0 Å². The van der Waals surface area contributed by atoms with E-state index in [9.17, 15) is 9.59 Å². The number of carbonyl (C=O) groups excluding carboxylic acids is 1. The van der Waals surface area contributed by atoms with E-state index in [1.165, 1.54) is 34.6 Å². The Bertz CT molecular complexity index is 909. The first kappa shape index (κ1) is 15.1. The molecule has 0 atom stereocenters. The lowest BCUT2D eigenvalue weighted by Gasteiger charge is -2.02. The molecule has 0 saturated carbocycles. The Kier molecular flexibility index (Phi) is 4.03. The molecule has 0 bridgehead atoms. The second kappa shape index (κ2) is 6.13. The predicted octanol–water partition coefficient (Wildman–Crippen LogP) is 2.76. The van der Waals surface area contributed by atoms with Crippen LogP contribution in [0.1, 0.15) is 21.6 Å². The summed E-state index contributed by atoms with van der Waals surface area (Å²) in [5.74, 6) is -0.415. The first-order valence-electron chi connectivity index (χ1n) is 6.93. The number of aromatic amines is 1. The maximum absolute atomic E-state index is 12.0. The highest BCUT2D eigenvalue weighted by molar-refractivity contribution is 7.14. The summed E-state index contributed by atoms with van der Waals surface area (Å²) in [6, 6.07) is 8.74. The zero-order valence-electron chi connectivity index (χ0n) is 12.6. The first-order valence-corrected chi connectivity index (χ1v) is 7.81. The third-order valence-electron chi connectivity index (χ3n) is 3.44. The van der Waals surface area contributed by atoms with Gasteiger partial charge in [0.15, 0.2) is 5.13 Å². The van der Waals surface area contributed by atoms with E-state index in [0.717, 1.165) is 11.3 Å². The van der Waals surface area contributed by atoms with Crippen molar-refractivity contribution >= 4 is 22.4 Å². The fraction of sp³-hybridized carbons (Fsp3) is 0.125. The quantitative estimate of drug-likeness (QED) is 0.774. The molecule has 2 aromatic heterocycles. The van der Waals surface area contributed by atoms with E-state index in [1.807, 2.05) is 17.5 Å². The number of rotatable bonds is 3. The molecule has 7 heteroatoms. The molecule has 3 aromatic rings. The third-order valence-corrected chi connectivity index (χ3v) is 4.20. The van der Waals surface area contributed by atoms with Crippen LogP contribution < -0.4 is 10.9 Å². The smallest absolute Gasteiger partial charge is 0.277 e. The van der Waals surface area contributed by atoms with Crippen molar-refractivity contribution in [3.05, 3.63) is 62.9 Å². The molecule has 3 rings (SSSR count). The Morgan fingerprint density at radius 1 is 1.17 bits per heavy atom. The molecule has 2 N–H and O–H groups in total. The van der Waals surface area contributed by atoms with Crippen molar-refractivity contribution in [2.24, 2.45) is 0 Å².